The van der Waals surface area contributed by atoms with Crippen LogP contribution < -0.4 is 5.73 Å². The van der Waals surface area contributed by atoms with Crippen molar-refractivity contribution in [3.8, 4) is 28.5 Å². The van der Waals surface area contributed by atoms with Gasteiger partial charge in [0.15, 0.2) is 0 Å². The highest BCUT2D eigenvalue weighted by molar-refractivity contribution is 5.98. The molecule has 0 unspecified atom stereocenters. The van der Waals surface area contributed by atoms with Crippen LogP contribution in [-0.2, 0) is 0 Å². The molecule has 3 heterocycles. The average molecular weight is 369 g/mol. The summed E-state index contributed by atoms with van der Waals surface area (Å²) in [5, 5.41) is 18.5. The van der Waals surface area contributed by atoms with E-state index in [-0.39, 0.29) is 11.6 Å². The van der Waals surface area contributed by atoms with E-state index in [4.69, 9.17) is 11.1 Å². The van der Waals surface area contributed by atoms with E-state index < -0.39 is 0 Å². The van der Waals surface area contributed by atoms with E-state index in [2.05, 4.69) is 24.9 Å². The molecule has 0 saturated heterocycles. The molecular weight excluding hydrogens is 354 g/mol. The molecule has 0 aliphatic rings. The number of phenolic OH excluding ortho intramolecular Hbond substituents is 1. The van der Waals surface area contributed by atoms with Gasteiger partial charge in [-0.1, -0.05) is 6.07 Å². The molecule has 0 bridgehead atoms. The molecule has 0 aliphatic carbocycles. The van der Waals surface area contributed by atoms with Gasteiger partial charge in [0.1, 0.15) is 28.8 Å². The fourth-order valence-corrected chi connectivity index (χ4v) is 3.21. The molecule has 5 rings (SSSR count). The Hall–Kier alpha value is -4.20. The average Bonchev–Trinajstić information content (AvgIpc) is 3.31. The molecular formula is C20H15N7O. The molecule has 0 spiro atoms. The SMILES string of the molecule is N=C(N)c1ccc2[nH]c(-c3cccc(-c4nc5cnccc5[nH]4)c3O)nc2c1. The number of para-hydroxylation sites is 1. The van der Waals surface area contributed by atoms with Gasteiger partial charge >= 0.3 is 0 Å². The summed E-state index contributed by atoms with van der Waals surface area (Å²) in [6, 6.07) is 12.6. The molecule has 2 aromatic carbocycles. The molecule has 0 amide bonds. The lowest BCUT2D eigenvalue weighted by atomic mass is 10.1. The molecule has 3 aromatic heterocycles. The van der Waals surface area contributed by atoms with Crippen LogP contribution in [0.2, 0.25) is 0 Å². The van der Waals surface area contributed by atoms with Crippen LogP contribution >= 0.6 is 0 Å². The first-order chi connectivity index (χ1) is 13.6. The summed E-state index contributed by atoms with van der Waals surface area (Å²) < 4.78 is 0. The van der Waals surface area contributed by atoms with Gasteiger partial charge < -0.3 is 20.8 Å². The van der Waals surface area contributed by atoms with E-state index in [1.807, 2.05) is 18.2 Å². The maximum atomic E-state index is 10.9. The number of hydrogen-bond donors (Lipinski definition) is 5. The number of nitrogens with one attached hydrogen (secondary N) is 3. The minimum absolute atomic E-state index is 0.0179. The second kappa shape index (κ2) is 5.92. The molecule has 0 aliphatic heterocycles. The Labute approximate surface area is 158 Å². The zero-order valence-corrected chi connectivity index (χ0v) is 14.6. The summed E-state index contributed by atoms with van der Waals surface area (Å²) in [6.45, 7) is 0. The maximum Gasteiger partial charge on any atom is 0.142 e. The summed E-state index contributed by atoms with van der Waals surface area (Å²) in [5.74, 6) is 1.13. The van der Waals surface area contributed by atoms with Gasteiger partial charge in [-0.3, -0.25) is 10.4 Å². The van der Waals surface area contributed by atoms with Crippen molar-refractivity contribution in [1.29, 1.82) is 5.41 Å². The van der Waals surface area contributed by atoms with Crippen LogP contribution in [0.3, 0.4) is 0 Å². The summed E-state index contributed by atoms with van der Waals surface area (Å²) in [5.41, 5.74) is 10.3. The normalized spacial score (nSPS) is 11.3. The zero-order valence-electron chi connectivity index (χ0n) is 14.6. The van der Waals surface area contributed by atoms with Crippen molar-refractivity contribution in [3.63, 3.8) is 0 Å². The molecule has 28 heavy (non-hydrogen) atoms. The van der Waals surface area contributed by atoms with Crippen LogP contribution in [0.5, 0.6) is 5.75 Å². The fourth-order valence-electron chi connectivity index (χ4n) is 3.21. The highest BCUT2D eigenvalue weighted by Gasteiger charge is 2.16. The van der Waals surface area contributed by atoms with E-state index in [0.717, 1.165) is 16.6 Å². The number of benzene rings is 2. The van der Waals surface area contributed by atoms with Crippen molar-refractivity contribution >= 4 is 27.9 Å². The third-order valence-electron chi connectivity index (χ3n) is 4.63. The Kier molecular flexibility index (Phi) is 3.38. The van der Waals surface area contributed by atoms with Gasteiger partial charge in [0.25, 0.3) is 0 Å². The first-order valence-corrected chi connectivity index (χ1v) is 8.57. The third-order valence-corrected chi connectivity index (χ3v) is 4.63. The number of nitrogen functional groups attached to an aromatic ring is 1. The Morgan fingerprint density at radius 1 is 0.929 bits per heavy atom. The van der Waals surface area contributed by atoms with Crippen LogP contribution in [0.15, 0.2) is 54.9 Å². The first kappa shape index (κ1) is 16.0. The Bertz CT molecular complexity index is 1330. The highest BCUT2D eigenvalue weighted by Crippen LogP contribution is 2.37. The molecule has 0 radical (unpaired) electrons. The largest absolute Gasteiger partial charge is 0.506 e. The van der Waals surface area contributed by atoms with Gasteiger partial charge in [0.05, 0.1) is 33.9 Å². The quantitative estimate of drug-likeness (QED) is 0.245. The molecule has 6 N–H and O–H groups in total. The van der Waals surface area contributed by atoms with E-state index in [1.165, 1.54) is 0 Å². The second-order valence-electron chi connectivity index (χ2n) is 6.41. The zero-order chi connectivity index (χ0) is 19.3. The van der Waals surface area contributed by atoms with Crippen LogP contribution in [0.25, 0.3) is 44.8 Å². The number of rotatable bonds is 3. The number of nitrogens with two attached hydrogens (primary N) is 1. The van der Waals surface area contributed by atoms with Gasteiger partial charge in [-0.25, -0.2) is 9.97 Å². The topological polar surface area (TPSA) is 140 Å². The van der Waals surface area contributed by atoms with Gasteiger partial charge in [0.2, 0.25) is 0 Å². The maximum absolute atomic E-state index is 10.9. The lowest BCUT2D eigenvalue weighted by molar-refractivity contribution is 0.478. The number of aromatic amines is 2. The number of aromatic nitrogens is 5. The Balaban J connectivity index is 1.64. The van der Waals surface area contributed by atoms with Crippen LogP contribution in [0.1, 0.15) is 5.56 Å². The van der Waals surface area contributed by atoms with E-state index >= 15 is 0 Å². The summed E-state index contributed by atoms with van der Waals surface area (Å²) in [6.07, 6.45) is 3.35. The first-order valence-electron chi connectivity index (χ1n) is 8.57. The van der Waals surface area contributed by atoms with E-state index in [1.54, 1.807) is 36.7 Å². The molecule has 5 aromatic rings. The van der Waals surface area contributed by atoms with Gasteiger partial charge in [0, 0.05) is 11.8 Å². The minimum Gasteiger partial charge on any atom is -0.506 e. The predicted octanol–water partition coefficient (Wildman–Crippen LogP) is 3.16. The fraction of sp³-hybridized carbons (Fsp3) is 0. The van der Waals surface area contributed by atoms with Crippen molar-refractivity contribution in [1.82, 2.24) is 24.9 Å². The van der Waals surface area contributed by atoms with Gasteiger partial charge in [-0.2, -0.15) is 0 Å². The lowest BCUT2D eigenvalue weighted by Crippen LogP contribution is -2.10. The molecule has 136 valence electrons. The predicted molar refractivity (Wildman–Crippen MR) is 107 cm³/mol. The van der Waals surface area contributed by atoms with Gasteiger partial charge in [-0.05, 0) is 36.4 Å². The van der Waals surface area contributed by atoms with E-state index in [9.17, 15) is 5.11 Å². The number of hydrogen-bond acceptors (Lipinski definition) is 5. The highest BCUT2D eigenvalue weighted by atomic mass is 16.3. The second-order valence-corrected chi connectivity index (χ2v) is 6.41. The van der Waals surface area contributed by atoms with Crippen molar-refractivity contribution in [2.24, 2.45) is 5.73 Å². The van der Waals surface area contributed by atoms with Crippen molar-refractivity contribution in [2.45, 2.75) is 0 Å². The summed E-state index contributed by atoms with van der Waals surface area (Å²) in [4.78, 5) is 19.5. The van der Waals surface area contributed by atoms with Crippen molar-refractivity contribution in [3.05, 3.63) is 60.4 Å². The van der Waals surface area contributed by atoms with Gasteiger partial charge in [-0.15, -0.1) is 0 Å². The molecule has 0 atom stereocenters. The molecule has 8 nitrogen and oxygen atoms in total. The minimum atomic E-state index is -0.0179. The summed E-state index contributed by atoms with van der Waals surface area (Å²) >= 11 is 0. The number of fused-ring (bicyclic) bond motifs is 2. The number of nitrogens with zero attached hydrogens (tertiary/aromatic N) is 3. The molecule has 8 heteroatoms. The number of imidazole rings is 2. The van der Waals surface area contributed by atoms with Crippen LogP contribution in [0.4, 0.5) is 0 Å². The number of H-pyrrole nitrogens is 2. The van der Waals surface area contributed by atoms with Crippen LogP contribution in [-0.4, -0.2) is 35.9 Å². The van der Waals surface area contributed by atoms with Crippen molar-refractivity contribution < 1.29 is 5.11 Å². The number of aromatic hydroxyl groups is 1. The van der Waals surface area contributed by atoms with Crippen LogP contribution in [0, 0.1) is 5.41 Å². The molecule has 0 saturated carbocycles. The number of phenols is 1. The summed E-state index contributed by atoms with van der Waals surface area (Å²) in [7, 11) is 0. The smallest absolute Gasteiger partial charge is 0.142 e. The number of amidine groups is 1. The Morgan fingerprint density at radius 3 is 2.29 bits per heavy atom. The Morgan fingerprint density at radius 2 is 1.61 bits per heavy atom. The van der Waals surface area contributed by atoms with E-state index in [0.29, 0.717) is 33.9 Å². The van der Waals surface area contributed by atoms with Crippen molar-refractivity contribution in [2.75, 3.05) is 0 Å². The number of pyridine rings is 1. The third kappa shape index (κ3) is 2.47. The molecule has 0 fully saturated rings. The lowest BCUT2D eigenvalue weighted by Gasteiger charge is -2.06. The standard InChI is InChI=1S/C20H15N7O/c21-18(22)10-4-5-13-15(8-10)26-19(24-13)11-2-1-3-12(17(11)28)20-25-14-6-7-23-9-16(14)27-20/h1-9,28H,(H3,21,22)(H,24,26)(H,25,27). The monoisotopic (exact) mass is 369 g/mol.